The average Bonchev–Trinajstić information content (AvgIpc) is 0.722. The van der Waals surface area contributed by atoms with Crippen LogP contribution in [0.2, 0.25) is 4.97 Å². The number of halogens is 3. The minimum atomic E-state index is -2.60. The van der Waals surface area contributed by atoms with Gasteiger partial charge < -0.3 is 0 Å². The number of rotatable bonds is 0. The summed E-state index contributed by atoms with van der Waals surface area (Å²) in [6.07, 6.45) is 0. The van der Waals surface area contributed by atoms with E-state index in [9.17, 15) is 0 Å². The second-order valence-electron chi connectivity index (χ2n) is 0.638. The Bertz CT molecular complexity index is 22.4. The number of hydrogen-bond acceptors (Lipinski definition) is 0. The molecule has 0 saturated heterocycles. The van der Waals surface area contributed by atoms with Crippen molar-refractivity contribution in [1.82, 2.24) is 0 Å². The van der Waals surface area contributed by atoms with Crippen LogP contribution in [-0.4, -0.2) is 14.8 Å². The van der Waals surface area contributed by atoms with Crippen molar-refractivity contribution in [3.8, 4) is 0 Å². The van der Waals surface area contributed by atoms with Gasteiger partial charge in [-0.2, -0.15) is 0 Å². The van der Waals surface area contributed by atoms with Crippen LogP contribution in [0.4, 0.5) is 0 Å². The van der Waals surface area contributed by atoms with E-state index in [2.05, 4.69) is 0 Å². The Balaban J connectivity index is 3.02. The Hall–Kier alpha value is 1.66. The maximum atomic E-state index is 5.25. The Labute approximate surface area is 46.4 Å². The first kappa shape index (κ1) is 6.66. The molecule has 0 aliphatic rings. The first-order chi connectivity index (χ1) is 2.00. The van der Waals surface area contributed by atoms with E-state index in [0.29, 0.717) is 0 Å². The summed E-state index contributed by atoms with van der Waals surface area (Å²) in [5.74, 6) is 0. The zero-order chi connectivity index (χ0) is 4.50. The molecule has 0 saturated carbocycles. The molecule has 0 atom stereocenters. The van der Waals surface area contributed by atoms with E-state index in [1.807, 2.05) is 0 Å². The van der Waals surface area contributed by atoms with Gasteiger partial charge in [0.2, 0.25) is 0 Å². The van der Waals surface area contributed by atoms with Crippen molar-refractivity contribution in [1.29, 1.82) is 0 Å². The molecule has 0 amide bonds. The molecule has 0 aromatic carbocycles. The van der Waals surface area contributed by atoms with Crippen molar-refractivity contribution in [2.24, 2.45) is 0 Å². The second-order valence-corrected chi connectivity index (χ2v) is 19.9. The molecule has 0 aromatic heterocycles. The Morgan fingerprint density at radius 3 is 1.20 bits per heavy atom. The first-order valence-corrected chi connectivity index (χ1v) is 12.1. The van der Waals surface area contributed by atoms with Crippen molar-refractivity contribution in [3.05, 3.63) is 0 Å². The third-order valence-corrected chi connectivity index (χ3v) is 0. The summed E-state index contributed by atoms with van der Waals surface area (Å²) in [6, 6.07) is 0. The summed E-state index contributed by atoms with van der Waals surface area (Å²) >= 11 is -2.60. The molecule has 0 radical (unpaired) electrons. The van der Waals surface area contributed by atoms with Crippen molar-refractivity contribution >= 4 is 41.7 Å². The Morgan fingerprint density at radius 2 is 1.20 bits per heavy atom. The summed E-state index contributed by atoms with van der Waals surface area (Å²) in [7, 11) is 15.8. The molecule has 0 spiro atoms. The summed E-state index contributed by atoms with van der Waals surface area (Å²) in [5.41, 5.74) is 0. The number of hydrogen-bond donors (Lipinski definition) is 0. The summed E-state index contributed by atoms with van der Waals surface area (Å²) < 4.78 is 0. The zero-order valence-electron chi connectivity index (χ0n) is 2.54. The van der Waals surface area contributed by atoms with Gasteiger partial charge in [0.15, 0.2) is 0 Å². The molecular formula is CH3Cl3Te. The van der Waals surface area contributed by atoms with Gasteiger partial charge in [-0.15, -0.1) is 0 Å². The van der Waals surface area contributed by atoms with Gasteiger partial charge in [0, 0.05) is 0 Å². The molecule has 0 rings (SSSR count). The van der Waals surface area contributed by atoms with Gasteiger partial charge in [0.05, 0.1) is 0 Å². The predicted octanol–water partition coefficient (Wildman–Crippen LogP) is 2.27. The second kappa shape index (κ2) is 2.09. The van der Waals surface area contributed by atoms with Crippen LogP contribution in [0.5, 0.6) is 0 Å². The quantitative estimate of drug-likeness (QED) is 0.577. The van der Waals surface area contributed by atoms with Crippen molar-refractivity contribution in [2.75, 3.05) is 0 Å². The van der Waals surface area contributed by atoms with Crippen LogP contribution in [0, 0.1) is 0 Å². The normalized spacial score (nSPS) is 15.2. The molecule has 34 valence electrons. The summed E-state index contributed by atoms with van der Waals surface area (Å²) in [4.78, 5) is 1.67. The van der Waals surface area contributed by atoms with E-state index >= 15 is 0 Å². The Morgan fingerprint density at radius 1 is 1.20 bits per heavy atom. The minimum absolute atomic E-state index is 1.67. The molecule has 0 heterocycles. The van der Waals surface area contributed by atoms with E-state index in [1.54, 1.807) is 4.97 Å². The van der Waals surface area contributed by atoms with E-state index < -0.39 is 14.8 Å². The van der Waals surface area contributed by atoms with Gasteiger partial charge in [0.25, 0.3) is 0 Å². The van der Waals surface area contributed by atoms with Gasteiger partial charge in [-0.05, 0) is 0 Å². The van der Waals surface area contributed by atoms with Crippen LogP contribution in [0.25, 0.3) is 0 Å². The van der Waals surface area contributed by atoms with Crippen molar-refractivity contribution in [2.45, 2.75) is 4.97 Å². The monoisotopic (exact) mass is 250 g/mol. The topological polar surface area (TPSA) is 0 Å². The molecule has 0 fully saturated rings. The molecule has 0 aliphatic carbocycles. The van der Waals surface area contributed by atoms with Gasteiger partial charge in [-0.25, -0.2) is 0 Å². The fourth-order valence-electron chi connectivity index (χ4n) is 0. The molecule has 4 heteroatoms. The molecule has 0 aromatic rings. The Kier molecular flexibility index (Phi) is 2.79. The third kappa shape index (κ3) is 27.5. The fraction of sp³-hybridized carbons (Fsp3) is 1.00. The van der Waals surface area contributed by atoms with Crippen LogP contribution in [0.15, 0.2) is 0 Å². The van der Waals surface area contributed by atoms with Crippen molar-refractivity contribution in [3.63, 3.8) is 0 Å². The molecule has 0 nitrogen and oxygen atoms in total. The SMILES string of the molecule is C[Te](Cl)(Cl)Cl. The van der Waals surface area contributed by atoms with Crippen LogP contribution in [0.1, 0.15) is 0 Å². The van der Waals surface area contributed by atoms with E-state index in [4.69, 9.17) is 26.9 Å². The predicted molar refractivity (Wildman–Crippen MR) is 29.2 cm³/mol. The zero-order valence-corrected chi connectivity index (χ0v) is 7.14. The molecule has 0 bridgehead atoms. The van der Waals surface area contributed by atoms with Gasteiger partial charge in [0.1, 0.15) is 0 Å². The maximum absolute atomic E-state index is 5.25. The van der Waals surface area contributed by atoms with Crippen molar-refractivity contribution < 1.29 is 0 Å². The summed E-state index contributed by atoms with van der Waals surface area (Å²) in [6.45, 7) is 0. The van der Waals surface area contributed by atoms with Crippen LogP contribution in [-0.2, 0) is 0 Å². The molecular weight excluding hydrogens is 246 g/mol. The summed E-state index contributed by atoms with van der Waals surface area (Å²) in [5, 5.41) is 0. The standard InChI is InChI=1S/CH3Cl3Te/c1-5(2,3)4/h1H3. The van der Waals surface area contributed by atoms with Gasteiger partial charge in [-0.3, -0.25) is 0 Å². The van der Waals surface area contributed by atoms with Crippen LogP contribution < -0.4 is 0 Å². The van der Waals surface area contributed by atoms with E-state index in [0.717, 1.165) is 0 Å². The average molecular weight is 249 g/mol. The molecule has 0 N–H and O–H groups in total. The van der Waals surface area contributed by atoms with Gasteiger partial charge >= 0.3 is 46.7 Å². The molecule has 5 heavy (non-hydrogen) atoms. The van der Waals surface area contributed by atoms with E-state index in [-0.39, 0.29) is 0 Å². The van der Waals surface area contributed by atoms with Gasteiger partial charge in [-0.1, -0.05) is 0 Å². The molecule has 0 aliphatic heterocycles. The van der Waals surface area contributed by atoms with E-state index in [1.165, 1.54) is 0 Å². The van der Waals surface area contributed by atoms with Crippen LogP contribution in [0.3, 0.4) is 0 Å². The third-order valence-electron chi connectivity index (χ3n) is 0. The first-order valence-electron chi connectivity index (χ1n) is 0.871. The molecule has 0 unspecified atom stereocenters. The fourth-order valence-corrected chi connectivity index (χ4v) is 0. The van der Waals surface area contributed by atoms with Crippen LogP contribution >= 0.6 is 26.9 Å².